The molecule has 1 heterocycles. The molecule has 2 atom stereocenters. The van der Waals surface area contributed by atoms with Crippen LogP contribution in [-0.4, -0.2) is 38.8 Å². The van der Waals surface area contributed by atoms with Gasteiger partial charge in [-0.25, -0.2) is 18.6 Å². The first kappa shape index (κ1) is 21.8. The zero-order valence-electron chi connectivity index (χ0n) is 16.6. The maximum atomic E-state index is 12.8. The number of rotatable bonds is 7. The lowest BCUT2D eigenvalue weighted by atomic mass is 10.1. The Morgan fingerprint density at radius 2 is 1.87 bits per heavy atom. The normalized spacial score (nSPS) is 18.6. The van der Waals surface area contributed by atoms with Crippen molar-refractivity contribution in [3.8, 4) is 0 Å². The molecule has 2 aromatic carbocycles. The van der Waals surface area contributed by atoms with Gasteiger partial charge in [0.2, 0.25) is 5.91 Å². The summed E-state index contributed by atoms with van der Waals surface area (Å²) >= 11 is 0. The Labute approximate surface area is 175 Å². The maximum absolute atomic E-state index is 12.8. The van der Waals surface area contributed by atoms with Gasteiger partial charge in [-0.1, -0.05) is 23.8 Å². The number of carbonyl (C=O) groups excluding carboxylic acids is 2. The lowest BCUT2D eigenvalue weighted by Crippen LogP contribution is -2.45. The number of aryl methyl sites for hydroxylation is 1. The molecule has 0 aromatic heterocycles. The second-order valence-electron chi connectivity index (χ2n) is 6.86. The molecule has 1 fully saturated rings. The van der Waals surface area contributed by atoms with Gasteiger partial charge in [-0.05, 0) is 44.2 Å². The van der Waals surface area contributed by atoms with Crippen molar-refractivity contribution < 1.29 is 22.7 Å². The average Bonchev–Trinajstić information content (AvgIpc) is 3.21. The van der Waals surface area contributed by atoms with Crippen LogP contribution in [0.25, 0.3) is 0 Å². The molecule has 0 radical (unpaired) electrons. The van der Waals surface area contributed by atoms with Crippen LogP contribution < -0.4 is 20.9 Å². The van der Waals surface area contributed by atoms with E-state index in [9.17, 15) is 18.0 Å². The molecule has 2 unspecified atom stereocenters. The van der Waals surface area contributed by atoms with Crippen molar-refractivity contribution in [2.24, 2.45) is 5.92 Å². The molecule has 30 heavy (non-hydrogen) atoms. The van der Waals surface area contributed by atoms with Gasteiger partial charge in [-0.3, -0.25) is 14.9 Å². The van der Waals surface area contributed by atoms with Crippen LogP contribution in [0, 0.1) is 12.8 Å². The monoisotopic (exact) mass is 432 g/mol. The summed E-state index contributed by atoms with van der Waals surface area (Å²) in [5, 5.41) is 1.50. The Balaban J connectivity index is 1.72. The predicted molar refractivity (Wildman–Crippen MR) is 113 cm³/mol. The van der Waals surface area contributed by atoms with Crippen molar-refractivity contribution in [2.45, 2.75) is 19.2 Å². The van der Waals surface area contributed by atoms with E-state index in [-0.39, 0.29) is 13.2 Å². The van der Waals surface area contributed by atoms with Gasteiger partial charge in [0.15, 0.2) is 5.37 Å². The number of carbonyl (C=O) groups is 2. The van der Waals surface area contributed by atoms with E-state index in [1.165, 1.54) is 6.07 Å². The van der Waals surface area contributed by atoms with Gasteiger partial charge in [-0.2, -0.15) is 0 Å². The summed E-state index contributed by atoms with van der Waals surface area (Å²) in [7, 11) is -3.90. The molecule has 1 aliphatic heterocycles. The third-order valence-electron chi connectivity index (χ3n) is 4.56. The van der Waals surface area contributed by atoms with E-state index < -0.39 is 33.2 Å². The summed E-state index contributed by atoms with van der Waals surface area (Å²) in [5.41, 5.74) is 7.47. The first-order valence-electron chi connectivity index (χ1n) is 9.45. The molecule has 160 valence electrons. The van der Waals surface area contributed by atoms with E-state index in [1.54, 1.807) is 49.4 Å². The van der Waals surface area contributed by atoms with Crippen molar-refractivity contribution in [2.75, 3.05) is 23.2 Å². The van der Waals surface area contributed by atoms with Gasteiger partial charge in [-0.15, -0.1) is 0 Å². The van der Waals surface area contributed by atoms with Crippen molar-refractivity contribution in [1.82, 2.24) is 10.9 Å². The van der Waals surface area contributed by atoms with Crippen LogP contribution >= 0.6 is 0 Å². The maximum Gasteiger partial charge on any atom is 0.338 e. The quantitative estimate of drug-likeness (QED) is 0.490. The van der Waals surface area contributed by atoms with E-state index in [2.05, 4.69) is 20.9 Å². The van der Waals surface area contributed by atoms with Gasteiger partial charge in [0, 0.05) is 17.9 Å². The first-order valence-corrected chi connectivity index (χ1v) is 11.0. The summed E-state index contributed by atoms with van der Waals surface area (Å²) in [6.45, 7) is 3.97. The van der Waals surface area contributed by atoms with E-state index in [1.807, 2.05) is 6.92 Å². The molecule has 3 rings (SSSR count). The summed E-state index contributed by atoms with van der Waals surface area (Å²) in [6, 6.07) is 13.2. The highest BCUT2D eigenvalue weighted by Gasteiger charge is 2.42. The second-order valence-corrected chi connectivity index (χ2v) is 8.66. The first-order chi connectivity index (χ1) is 14.3. The fourth-order valence-corrected chi connectivity index (χ4v) is 4.51. The Bertz CT molecular complexity index is 1020. The molecule has 0 spiro atoms. The zero-order chi connectivity index (χ0) is 21.7. The standard InChI is InChI=1S/C20H24N4O5S/c1-3-29-20(26)14-5-4-6-16(11-14)22-18(25)17-12-21-23-19(17)30(27,28)24-15-9-7-13(2)8-10-15/h4-11,17,19,21,23-24H,3,12H2,1-2H3,(H,22,25). The molecule has 0 bridgehead atoms. The lowest BCUT2D eigenvalue weighted by Gasteiger charge is -2.19. The molecule has 9 nitrogen and oxygen atoms in total. The Hall–Kier alpha value is -2.95. The molecule has 10 heteroatoms. The van der Waals surface area contributed by atoms with Crippen LogP contribution in [0.3, 0.4) is 0 Å². The van der Waals surface area contributed by atoms with Crippen LogP contribution in [0.2, 0.25) is 0 Å². The molecule has 2 aromatic rings. The number of nitrogens with one attached hydrogen (secondary N) is 4. The Morgan fingerprint density at radius 3 is 2.57 bits per heavy atom. The summed E-state index contributed by atoms with van der Waals surface area (Å²) in [6.07, 6.45) is 0. The van der Waals surface area contributed by atoms with E-state index >= 15 is 0 Å². The molecular formula is C20H24N4O5S. The van der Waals surface area contributed by atoms with Crippen LogP contribution in [0.1, 0.15) is 22.8 Å². The van der Waals surface area contributed by atoms with Gasteiger partial charge >= 0.3 is 5.97 Å². The van der Waals surface area contributed by atoms with Gasteiger partial charge < -0.3 is 10.1 Å². The van der Waals surface area contributed by atoms with Crippen LogP contribution in [0.15, 0.2) is 48.5 Å². The van der Waals surface area contributed by atoms with Crippen molar-refractivity contribution in [3.05, 3.63) is 59.7 Å². The number of amides is 1. The second kappa shape index (κ2) is 9.24. The summed E-state index contributed by atoms with van der Waals surface area (Å²) in [4.78, 5) is 24.7. The lowest BCUT2D eigenvalue weighted by molar-refractivity contribution is -0.119. The topological polar surface area (TPSA) is 126 Å². The molecular weight excluding hydrogens is 408 g/mol. The summed E-state index contributed by atoms with van der Waals surface area (Å²) in [5.74, 6) is -1.88. The van der Waals surface area contributed by atoms with Gasteiger partial charge in [0.1, 0.15) is 0 Å². The highest BCUT2D eigenvalue weighted by molar-refractivity contribution is 7.93. The SMILES string of the molecule is CCOC(=O)c1cccc(NC(=O)C2CNNC2S(=O)(=O)Nc2ccc(C)cc2)c1. The highest BCUT2D eigenvalue weighted by Crippen LogP contribution is 2.21. The van der Waals surface area contributed by atoms with Crippen molar-refractivity contribution >= 4 is 33.3 Å². The molecule has 1 saturated heterocycles. The number of hydrazine groups is 1. The molecule has 1 aliphatic rings. The molecule has 0 saturated carbocycles. The number of hydrogen-bond donors (Lipinski definition) is 4. The van der Waals surface area contributed by atoms with Gasteiger partial charge in [0.05, 0.1) is 18.1 Å². The van der Waals surface area contributed by atoms with E-state index in [0.29, 0.717) is 16.9 Å². The van der Waals surface area contributed by atoms with Crippen molar-refractivity contribution in [1.29, 1.82) is 0 Å². The fourth-order valence-electron chi connectivity index (χ4n) is 3.02. The minimum absolute atomic E-state index is 0.128. The Kier molecular flexibility index (Phi) is 6.70. The molecule has 0 aliphatic carbocycles. The smallest absolute Gasteiger partial charge is 0.338 e. The average molecular weight is 433 g/mol. The number of sulfonamides is 1. The summed E-state index contributed by atoms with van der Waals surface area (Å²) < 4.78 is 33.1. The highest BCUT2D eigenvalue weighted by atomic mass is 32.2. The van der Waals surface area contributed by atoms with Crippen LogP contribution in [0.5, 0.6) is 0 Å². The number of ether oxygens (including phenoxy) is 1. The van der Waals surface area contributed by atoms with Crippen molar-refractivity contribution in [3.63, 3.8) is 0 Å². The number of esters is 1. The largest absolute Gasteiger partial charge is 0.462 e. The third-order valence-corrected chi connectivity index (χ3v) is 6.19. The van der Waals surface area contributed by atoms with Crippen LogP contribution in [0.4, 0.5) is 11.4 Å². The number of hydrogen-bond acceptors (Lipinski definition) is 7. The fraction of sp³-hybridized carbons (Fsp3) is 0.300. The van der Waals surface area contributed by atoms with E-state index in [4.69, 9.17) is 4.74 Å². The number of benzene rings is 2. The van der Waals surface area contributed by atoms with E-state index in [0.717, 1.165) is 5.56 Å². The number of anilines is 2. The third kappa shape index (κ3) is 5.15. The predicted octanol–water partition coefficient (Wildman–Crippen LogP) is 1.60. The minimum Gasteiger partial charge on any atom is -0.462 e. The zero-order valence-corrected chi connectivity index (χ0v) is 17.5. The molecule has 4 N–H and O–H groups in total. The molecule has 1 amide bonds. The Morgan fingerprint density at radius 1 is 1.13 bits per heavy atom. The van der Waals surface area contributed by atoms with Gasteiger partial charge in [0.25, 0.3) is 10.0 Å². The van der Waals surface area contributed by atoms with Crippen LogP contribution in [-0.2, 0) is 19.6 Å². The minimum atomic E-state index is -3.90.